The number of carbonyl (C=O) groups is 2. The summed E-state index contributed by atoms with van der Waals surface area (Å²) >= 11 is 0. The highest BCUT2D eigenvalue weighted by Crippen LogP contribution is 2.32. The second kappa shape index (κ2) is 10.7. The Kier molecular flexibility index (Phi) is 7.43. The first-order valence-electron chi connectivity index (χ1n) is 12.0. The highest BCUT2D eigenvalue weighted by Gasteiger charge is 2.28. The van der Waals surface area contributed by atoms with Crippen LogP contribution in [0, 0.1) is 0 Å². The van der Waals surface area contributed by atoms with Gasteiger partial charge in [0.05, 0.1) is 0 Å². The zero-order chi connectivity index (χ0) is 25.7. The Morgan fingerprint density at radius 2 is 1.50 bits per heavy atom. The number of likely N-dealkylation sites (tertiary alicyclic amines) is 1. The maximum atomic E-state index is 12.3. The quantitative estimate of drug-likeness (QED) is 0.464. The number of nitrogens with zero attached hydrogens (tertiary/aromatic N) is 2. The van der Waals surface area contributed by atoms with Gasteiger partial charge in [-0.3, -0.25) is 4.79 Å². The van der Waals surface area contributed by atoms with Crippen molar-refractivity contribution in [2.24, 2.45) is 5.73 Å². The summed E-state index contributed by atoms with van der Waals surface area (Å²) in [7, 11) is 0. The minimum atomic E-state index is -0.616. The number of piperidine rings is 1. The molecule has 1 fully saturated rings. The summed E-state index contributed by atoms with van der Waals surface area (Å²) in [6.45, 7) is 6.70. The van der Waals surface area contributed by atoms with E-state index in [1.807, 2.05) is 51.1 Å². The van der Waals surface area contributed by atoms with Crippen molar-refractivity contribution in [3.8, 4) is 23.1 Å². The first-order valence-corrected chi connectivity index (χ1v) is 12.0. The molecular weight excluding hydrogens is 458 g/mol. The van der Waals surface area contributed by atoms with Crippen molar-refractivity contribution in [3.05, 3.63) is 78.0 Å². The zero-order valence-corrected chi connectivity index (χ0v) is 20.8. The van der Waals surface area contributed by atoms with Crippen LogP contribution in [0.25, 0.3) is 0 Å². The van der Waals surface area contributed by atoms with E-state index in [1.165, 1.54) is 0 Å². The summed E-state index contributed by atoms with van der Waals surface area (Å²) in [5.41, 5.74) is 6.23. The Hall–Kier alpha value is -4.07. The van der Waals surface area contributed by atoms with Crippen LogP contribution < -0.4 is 15.2 Å². The fraction of sp³-hybridized carbons (Fsp3) is 0.321. The highest BCUT2D eigenvalue weighted by atomic mass is 16.6. The van der Waals surface area contributed by atoms with Gasteiger partial charge in [-0.05, 0) is 87.6 Å². The number of hydrogen-bond donors (Lipinski definition) is 1. The third kappa shape index (κ3) is 6.53. The molecule has 0 atom stereocenters. The summed E-state index contributed by atoms with van der Waals surface area (Å²) in [4.78, 5) is 30.6. The molecule has 3 aromatic rings. The second-order valence-electron chi connectivity index (χ2n) is 9.72. The predicted molar refractivity (Wildman–Crippen MR) is 136 cm³/mol. The molecule has 4 rings (SSSR count). The van der Waals surface area contributed by atoms with Crippen LogP contribution >= 0.6 is 0 Å². The molecule has 0 aliphatic carbocycles. The number of rotatable bonds is 6. The van der Waals surface area contributed by atoms with Crippen molar-refractivity contribution in [2.75, 3.05) is 13.1 Å². The topological polar surface area (TPSA) is 104 Å². The Bertz CT molecular complexity index is 1200. The lowest BCUT2D eigenvalue weighted by molar-refractivity contribution is 0.0204. The summed E-state index contributed by atoms with van der Waals surface area (Å²) in [6.07, 6.45) is 2.88. The largest absolute Gasteiger partial charge is 0.457 e. The molecule has 0 unspecified atom stereocenters. The van der Waals surface area contributed by atoms with Gasteiger partial charge in [0.15, 0.2) is 0 Å². The van der Waals surface area contributed by atoms with Crippen molar-refractivity contribution in [1.82, 2.24) is 9.88 Å². The number of hydrogen-bond acceptors (Lipinski definition) is 6. The molecule has 0 radical (unpaired) electrons. The maximum absolute atomic E-state index is 12.3. The Morgan fingerprint density at radius 3 is 2.08 bits per heavy atom. The molecule has 188 valence electrons. The van der Waals surface area contributed by atoms with Crippen LogP contribution in [0.5, 0.6) is 23.1 Å². The van der Waals surface area contributed by atoms with Gasteiger partial charge < -0.3 is 24.8 Å². The van der Waals surface area contributed by atoms with Crippen LogP contribution in [0.15, 0.2) is 66.9 Å². The molecule has 2 amide bonds. The SMILES string of the molecule is CC(C)(C)OC(=O)N1CCC(c2cnc(Oc3ccc(Oc4ccccc4)cc3)c(C(N)=O)c2)CC1. The molecule has 1 saturated heterocycles. The molecule has 0 saturated carbocycles. The summed E-state index contributed by atoms with van der Waals surface area (Å²) in [5.74, 6) is 1.58. The lowest BCUT2D eigenvalue weighted by Gasteiger charge is -2.33. The van der Waals surface area contributed by atoms with Crippen LogP contribution in [0.1, 0.15) is 55.5 Å². The first-order chi connectivity index (χ1) is 17.2. The summed E-state index contributed by atoms with van der Waals surface area (Å²) in [5, 5.41) is 0. The van der Waals surface area contributed by atoms with Gasteiger partial charge >= 0.3 is 6.09 Å². The standard InChI is InChI=1S/C28H31N3O5/c1-28(2,3)36-27(33)31-15-13-19(14-16-31)20-17-24(25(29)32)26(30-18-20)35-23-11-9-22(10-12-23)34-21-7-5-4-6-8-21/h4-12,17-19H,13-16H2,1-3H3,(H2,29,32). The van der Waals surface area contributed by atoms with Gasteiger partial charge in [0.2, 0.25) is 5.88 Å². The van der Waals surface area contributed by atoms with Gasteiger partial charge in [-0.15, -0.1) is 0 Å². The van der Waals surface area contributed by atoms with E-state index in [2.05, 4.69) is 4.98 Å². The van der Waals surface area contributed by atoms with Gasteiger partial charge in [0.1, 0.15) is 28.4 Å². The first kappa shape index (κ1) is 25.0. The number of pyridine rings is 1. The van der Waals surface area contributed by atoms with Gasteiger partial charge in [-0.25, -0.2) is 9.78 Å². The molecule has 36 heavy (non-hydrogen) atoms. The molecule has 2 aromatic carbocycles. The molecule has 8 heteroatoms. The smallest absolute Gasteiger partial charge is 0.410 e. The van der Waals surface area contributed by atoms with Gasteiger partial charge in [0, 0.05) is 19.3 Å². The Labute approximate surface area is 211 Å². The fourth-order valence-corrected chi connectivity index (χ4v) is 3.98. The highest BCUT2D eigenvalue weighted by molar-refractivity contribution is 5.95. The number of aromatic nitrogens is 1. The third-order valence-electron chi connectivity index (χ3n) is 5.77. The maximum Gasteiger partial charge on any atom is 0.410 e. The fourth-order valence-electron chi connectivity index (χ4n) is 3.98. The van der Waals surface area contributed by atoms with Crippen molar-refractivity contribution >= 4 is 12.0 Å². The van der Waals surface area contributed by atoms with Gasteiger partial charge in [-0.2, -0.15) is 0 Å². The van der Waals surface area contributed by atoms with E-state index >= 15 is 0 Å². The Balaban J connectivity index is 1.41. The van der Waals surface area contributed by atoms with Crippen LogP contribution in [0.2, 0.25) is 0 Å². The minimum Gasteiger partial charge on any atom is -0.457 e. The molecule has 2 heterocycles. The van der Waals surface area contributed by atoms with E-state index in [9.17, 15) is 9.59 Å². The molecule has 1 aliphatic heterocycles. The average molecular weight is 490 g/mol. The monoisotopic (exact) mass is 489 g/mol. The van der Waals surface area contributed by atoms with Crippen molar-refractivity contribution in [2.45, 2.75) is 45.1 Å². The molecule has 0 spiro atoms. The van der Waals surface area contributed by atoms with Crippen molar-refractivity contribution in [3.63, 3.8) is 0 Å². The molecule has 2 N–H and O–H groups in total. The lowest BCUT2D eigenvalue weighted by atomic mass is 9.90. The number of benzene rings is 2. The number of ether oxygens (including phenoxy) is 3. The van der Waals surface area contributed by atoms with Crippen LogP contribution in [0.4, 0.5) is 4.79 Å². The average Bonchev–Trinajstić information content (AvgIpc) is 2.85. The molecule has 8 nitrogen and oxygen atoms in total. The van der Waals surface area contributed by atoms with Gasteiger partial charge in [-0.1, -0.05) is 18.2 Å². The summed E-state index contributed by atoms with van der Waals surface area (Å²) < 4.78 is 17.1. The number of carbonyl (C=O) groups excluding carboxylic acids is 2. The number of nitrogens with two attached hydrogens (primary N) is 1. The number of primary amides is 1. The van der Waals surface area contributed by atoms with E-state index in [0.29, 0.717) is 24.6 Å². The Morgan fingerprint density at radius 1 is 0.917 bits per heavy atom. The third-order valence-corrected chi connectivity index (χ3v) is 5.77. The van der Waals surface area contributed by atoms with E-state index in [-0.39, 0.29) is 23.5 Å². The number of para-hydroxylation sites is 1. The lowest BCUT2D eigenvalue weighted by Crippen LogP contribution is -2.41. The minimum absolute atomic E-state index is 0.147. The van der Waals surface area contributed by atoms with E-state index in [0.717, 1.165) is 24.2 Å². The second-order valence-corrected chi connectivity index (χ2v) is 9.72. The number of amides is 2. The molecule has 1 aliphatic rings. The van der Waals surface area contributed by atoms with Crippen molar-refractivity contribution < 1.29 is 23.8 Å². The van der Waals surface area contributed by atoms with E-state index < -0.39 is 11.5 Å². The van der Waals surface area contributed by atoms with Gasteiger partial charge in [0.25, 0.3) is 5.91 Å². The summed E-state index contributed by atoms with van der Waals surface area (Å²) in [6, 6.07) is 18.2. The normalized spacial score (nSPS) is 14.2. The van der Waals surface area contributed by atoms with Crippen molar-refractivity contribution in [1.29, 1.82) is 0 Å². The van der Waals surface area contributed by atoms with E-state index in [4.69, 9.17) is 19.9 Å². The van der Waals surface area contributed by atoms with Crippen LogP contribution in [0.3, 0.4) is 0 Å². The molecular formula is C28H31N3O5. The van der Waals surface area contributed by atoms with Crippen LogP contribution in [-0.4, -0.2) is 40.6 Å². The van der Waals surface area contributed by atoms with Crippen LogP contribution in [-0.2, 0) is 4.74 Å². The predicted octanol–water partition coefficient (Wildman–Crippen LogP) is 5.88. The zero-order valence-electron chi connectivity index (χ0n) is 20.8. The molecule has 0 bridgehead atoms. The molecule has 1 aromatic heterocycles. The van der Waals surface area contributed by atoms with E-state index in [1.54, 1.807) is 41.4 Å².